The molecule has 154 valence electrons. The van der Waals surface area contributed by atoms with Gasteiger partial charge in [-0.2, -0.15) is 0 Å². The van der Waals surface area contributed by atoms with E-state index in [9.17, 15) is 19.7 Å². The molecule has 2 amide bonds. The van der Waals surface area contributed by atoms with Gasteiger partial charge in [0.15, 0.2) is 0 Å². The molecule has 0 bridgehead atoms. The topological polar surface area (TPSA) is 132 Å². The van der Waals surface area contributed by atoms with Gasteiger partial charge in [-0.25, -0.2) is 14.6 Å². The van der Waals surface area contributed by atoms with Crippen LogP contribution in [0, 0.1) is 10.1 Å². The first kappa shape index (κ1) is 22.9. The van der Waals surface area contributed by atoms with E-state index in [1.54, 1.807) is 47.6 Å². The number of carbonyl (C=O) groups excluding carboxylic acids is 2. The van der Waals surface area contributed by atoms with E-state index in [2.05, 4.69) is 15.6 Å². The van der Waals surface area contributed by atoms with Crippen molar-refractivity contribution in [1.82, 2.24) is 10.6 Å². The van der Waals surface area contributed by atoms with Gasteiger partial charge >= 0.3 is 12.2 Å². The fourth-order valence-electron chi connectivity index (χ4n) is 1.90. The van der Waals surface area contributed by atoms with Crippen LogP contribution in [0.1, 0.15) is 47.1 Å². The molecule has 0 radical (unpaired) electrons. The van der Waals surface area contributed by atoms with Crippen LogP contribution in [0.15, 0.2) is 29.3 Å². The lowest BCUT2D eigenvalue weighted by molar-refractivity contribution is -0.385. The van der Waals surface area contributed by atoms with Crippen LogP contribution < -0.4 is 10.6 Å². The second-order valence-corrected chi connectivity index (χ2v) is 7.80. The molecular formula is C18H26N4O6. The summed E-state index contributed by atoms with van der Waals surface area (Å²) >= 11 is 0. The molecule has 1 rings (SSSR count). The van der Waals surface area contributed by atoms with Crippen LogP contribution in [0.4, 0.5) is 15.3 Å². The highest BCUT2D eigenvalue weighted by atomic mass is 16.6. The van der Waals surface area contributed by atoms with Crippen LogP contribution in [0.25, 0.3) is 0 Å². The summed E-state index contributed by atoms with van der Waals surface area (Å²) < 4.78 is 10.3. The van der Waals surface area contributed by atoms with Crippen molar-refractivity contribution in [3.63, 3.8) is 0 Å². The van der Waals surface area contributed by atoms with E-state index in [1.807, 2.05) is 0 Å². The third-order valence-electron chi connectivity index (χ3n) is 2.83. The predicted molar refractivity (Wildman–Crippen MR) is 103 cm³/mol. The van der Waals surface area contributed by atoms with Gasteiger partial charge in [0.05, 0.1) is 17.0 Å². The van der Waals surface area contributed by atoms with Crippen molar-refractivity contribution in [3.8, 4) is 0 Å². The lowest BCUT2D eigenvalue weighted by atomic mass is 10.2. The van der Waals surface area contributed by atoms with E-state index in [0.717, 1.165) is 0 Å². The van der Waals surface area contributed by atoms with Gasteiger partial charge in [-0.3, -0.25) is 20.7 Å². The van der Waals surface area contributed by atoms with Crippen molar-refractivity contribution in [2.24, 2.45) is 4.99 Å². The molecule has 10 nitrogen and oxygen atoms in total. The molecule has 0 heterocycles. The molecule has 0 aliphatic rings. The van der Waals surface area contributed by atoms with Gasteiger partial charge in [-0.1, -0.05) is 18.2 Å². The number of carbonyl (C=O) groups is 2. The van der Waals surface area contributed by atoms with Gasteiger partial charge in [0.25, 0.3) is 5.69 Å². The Morgan fingerprint density at radius 1 is 1.00 bits per heavy atom. The number of nitrogens with zero attached hydrogens (tertiary/aromatic N) is 2. The second kappa shape index (κ2) is 9.16. The van der Waals surface area contributed by atoms with E-state index in [-0.39, 0.29) is 18.2 Å². The zero-order chi connectivity index (χ0) is 21.5. The van der Waals surface area contributed by atoms with Crippen LogP contribution in [0.3, 0.4) is 0 Å². The molecule has 10 heteroatoms. The zero-order valence-corrected chi connectivity index (χ0v) is 16.9. The fraction of sp³-hybridized carbons (Fsp3) is 0.500. The summed E-state index contributed by atoms with van der Waals surface area (Å²) in [6, 6.07) is 6.03. The molecule has 1 aromatic rings. The van der Waals surface area contributed by atoms with Gasteiger partial charge < -0.3 is 9.47 Å². The Hall–Kier alpha value is -3.17. The highest BCUT2D eigenvalue weighted by Gasteiger charge is 2.21. The Labute approximate surface area is 163 Å². The largest absolute Gasteiger partial charge is 0.444 e. The number of hydrogen-bond donors (Lipinski definition) is 2. The number of amides is 2. The highest BCUT2D eigenvalue weighted by molar-refractivity contribution is 6.01. The number of nitro groups is 1. The lowest BCUT2D eigenvalue weighted by Crippen LogP contribution is -2.47. The third kappa shape index (κ3) is 8.97. The van der Waals surface area contributed by atoms with E-state index in [4.69, 9.17) is 9.47 Å². The number of nitro benzene ring substituents is 1. The van der Waals surface area contributed by atoms with Gasteiger partial charge in [-0.05, 0) is 41.5 Å². The summed E-state index contributed by atoms with van der Waals surface area (Å²) in [7, 11) is 0. The first-order valence-corrected chi connectivity index (χ1v) is 8.53. The number of aliphatic imine (C=N–C) groups is 1. The number of alkyl carbamates (subject to hydrolysis) is 2. The summed E-state index contributed by atoms with van der Waals surface area (Å²) in [5.41, 5.74) is -1.35. The normalized spacial score (nSPS) is 11.2. The van der Waals surface area contributed by atoms with Crippen LogP contribution in [-0.2, 0) is 16.0 Å². The van der Waals surface area contributed by atoms with Gasteiger partial charge in [0.2, 0.25) is 5.96 Å². The minimum Gasteiger partial charge on any atom is -0.444 e. The summed E-state index contributed by atoms with van der Waals surface area (Å²) in [4.78, 5) is 38.7. The average molecular weight is 394 g/mol. The lowest BCUT2D eigenvalue weighted by Gasteiger charge is -2.22. The molecule has 0 saturated carbocycles. The van der Waals surface area contributed by atoms with Crippen molar-refractivity contribution < 1.29 is 24.0 Å². The minimum absolute atomic E-state index is 0.125. The predicted octanol–water partition coefficient (Wildman–Crippen LogP) is 3.50. The number of nitrogens with one attached hydrogen (secondary N) is 2. The molecule has 0 atom stereocenters. The standard InChI is InChI=1S/C18H26N4O6/c1-17(2,3)27-15(23)20-14(21-16(24)28-18(4,5)6)19-11-12-9-7-8-10-13(12)22(25)26/h7-10H,11H2,1-6H3,(H2,19,20,21,23,24). The molecule has 0 fully saturated rings. The first-order valence-electron chi connectivity index (χ1n) is 8.53. The molecule has 2 N–H and O–H groups in total. The number of para-hydroxylation sites is 1. The Balaban J connectivity index is 3.02. The minimum atomic E-state index is -0.843. The SMILES string of the molecule is CC(C)(C)OC(=O)NC(=NCc1ccccc1[N+](=O)[O-])NC(=O)OC(C)(C)C. The smallest absolute Gasteiger partial charge is 0.414 e. The second-order valence-electron chi connectivity index (χ2n) is 7.80. The van der Waals surface area contributed by atoms with Gasteiger partial charge in [0.1, 0.15) is 11.2 Å². The van der Waals surface area contributed by atoms with Gasteiger partial charge in [-0.15, -0.1) is 0 Å². The van der Waals surface area contributed by atoms with Crippen LogP contribution in [0.2, 0.25) is 0 Å². The number of rotatable bonds is 3. The van der Waals surface area contributed by atoms with Crippen LogP contribution >= 0.6 is 0 Å². The van der Waals surface area contributed by atoms with Crippen LogP contribution in [0.5, 0.6) is 0 Å². The zero-order valence-electron chi connectivity index (χ0n) is 16.9. The monoisotopic (exact) mass is 394 g/mol. The Bertz CT molecular complexity index is 730. The van der Waals surface area contributed by atoms with Crippen LogP contribution in [-0.4, -0.2) is 34.3 Å². The van der Waals surface area contributed by atoms with E-state index < -0.39 is 28.3 Å². The summed E-state index contributed by atoms with van der Waals surface area (Å²) in [6.07, 6.45) is -1.69. The Kier molecular flexibility index (Phi) is 7.48. The summed E-state index contributed by atoms with van der Waals surface area (Å²) in [6.45, 7) is 9.92. The quantitative estimate of drug-likeness (QED) is 0.349. The maximum atomic E-state index is 12.0. The van der Waals surface area contributed by atoms with E-state index >= 15 is 0 Å². The van der Waals surface area contributed by atoms with Crippen molar-refractivity contribution >= 4 is 23.8 Å². The fourth-order valence-corrected chi connectivity index (χ4v) is 1.90. The third-order valence-corrected chi connectivity index (χ3v) is 2.83. The van der Waals surface area contributed by atoms with Crippen molar-refractivity contribution in [1.29, 1.82) is 0 Å². The molecule has 28 heavy (non-hydrogen) atoms. The van der Waals surface area contributed by atoms with E-state index in [0.29, 0.717) is 5.56 Å². The maximum absolute atomic E-state index is 12.0. The number of guanidine groups is 1. The summed E-state index contributed by atoms with van der Waals surface area (Å²) in [5.74, 6) is -0.248. The number of benzene rings is 1. The van der Waals surface area contributed by atoms with Gasteiger partial charge in [0, 0.05) is 6.07 Å². The van der Waals surface area contributed by atoms with Crippen molar-refractivity contribution in [2.45, 2.75) is 59.3 Å². The molecule has 0 aromatic heterocycles. The molecule has 0 aliphatic heterocycles. The molecule has 0 saturated heterocycles. The summed E-state index contributed by atoms with van der Waals surface area (Å²) in [5, 5.41) is 15.7. The molecule has 0 aliphatic carbocycles. The molecular weight excluding hydrogens is 368 g/mol. The van der Waals surface area contributed by atoms with E-state index in [1.165, 1.54) is 18.2 Å². The number of ether oxygens (including phenoxy) is 2. The molecule has 0 spiro atoms. The Morgan fingerprint density at radius 2 is 1.46 bits per heavy atom. The average Bonchev–Trinajstić information content (AvgIpc) is 2.49. The molecule has 0 unspecified atom stereocenters. The molecule has 1 aromatic carbocycles. The highest BCUT2D eigenvalue weighted by Crippen LogP contribution is 2.18. The number of hydrogen-bond acceptors (Lipinski definition) is 7. The first-order chi connectivity index (χ1) is 12.8. The maximum Gasteiger partial charge on any atom is 0.414 e. The van der Waals surface area contributed by atoms with Crippen molar-refractivity contribution in [2.75, 3.05) is 0 Å². The van der Waals surface area contributed by atoms with Crippen molar-refractivity contribution in [3.05, 3.63) is 39.9 Å². The Morgan fingerprint density at radius 3 is 1.89 bits per heavy atom.